The van der Waals surface area contributed by atoms with E-state index in [0.29, 0.717) is 18.2 Å². The van der Waals surface area contributed by atoms with Gasteiger partial charge in [-0.2, -0.15) is 0 Å². The summed E-state index contributed by atoms with van der Waals surface area (Å²) in [6.45, 7) is 1.34. The Morgan fingerprint density at radius 1 is 1.03 bits per heavy atom. The lowest BCUT2D eigenvalue weighted by molar-refractivity contribution is 0.102. The highest BCUT2D eigenvalue weighted by atomic mass is 32.2. The molecule has 2 aromatic carbocycles. The van der Waals surface area contributed by atoms with Crippen molar-refractivity contribution < 1.29 is 13.2 Å². The van der Waals surface area contributed by atoms with Crippen LogP contribution in [-0.4, -0.2) is 35.6 Å². The number of carbonyl (C=O) groups excluding carboxylic acids is 1. The average molecular weight is 466 g/mol. The zero-order valence-electron chi connectivity index (χ0n) is 18.3. The molecule has 1 saturated carbocycles. The Morgan fingerprint density at radius 2 is 1.88 bits per heavy atom. The third-order valence-corrected chi connectivity index (χ3v) is 7.57. The van der Waals surface area contributed by atoms with E-state index in [2.05, 4.69) is 24.8 Å². The maximum atomic E-state index is 12.9. The number of anilines is 1. The molecule has 0 unspecified atom stereocenters. The van der Waals surface area contributed by atoms with Crippen LogP contribution in [0.4, 0.5) is 5.69 Å². The fraction of sp³-hybridized carbons (Fsp3) is 0.375. The number of benzene rings is 2. The highest BCUT2D eigenvalue weighted by Crippen LogP contribution is 2.28. The van der Waals surface area contributed by atoms with Gasteiger partial charge < -0.3 is 9.88 Å². The van der Waals surface area contributed by atoms with Crippen LogP contribution in [0, 0.1) is 5.92 Å². The number of rotatable bonds is 7. The lowest BCUT2D eigenvalue weighted by Crippen LogP contribution is -2.26. The third-order valence-electron chi connectivity index (χ3n) is 6.15. The smallest absolute Gasteiger partial charge is 0.255 e. The maximum absolute atomic E-state index is 12.9. The predicted octanol–water partition coefficient (Wildman–Crippen LogP) is 3.61. The molecule has 172 valence electrons. The summed E-state index contributed by atoms with van der Waals surface area (Å²) < 4.78 is 29.9. The van der Waals surface area contributed by atoms with E-state index in [-0.39, 0.29) is 16.4 Å². The molecule has 3 aromatic rings. The number of aromatic nitrogens is 3. The zero-order chi connectivity index (χ0) is 22.8. The van der Waals surface area contributed by atoms with Gasteiger partial charge in [-0.3, -0.25) is 4.79 Å². The number of aryl methyl sites for hydroxylation is 1. The van der Waals surface area contributed by atoms with E-state index >= 15 is 0 Å². The predicted molar refractivity (Wildman–Crippen MR) is 125 cm³/mol. The van der Waals surface area contributed by atoms with Crippen LogP contribution in [0.3, 0.4) is 0 Å². The first kappa shape index (κ1) is 21.8. The molecule has 0 atom stereocenters. The van der Waals surface area contributed by atoms with Gasteiger partial charge in [-0.05, 0) is 61.9 Å². The first-order chi connectivity index (χ1) is 16.0. The number of fused-ring (bicyclic) bond motifs is 1. The van der Waals surface area contributed by atoms with Crippen LogP contribution in [0.2, 0.25) is 0 Å². The molecule has 0 spiro atoms. The van der Waals surface area contributed by atoms with Crippen LogP contribution >= 0.6 is 0 Å². The summed E-state index contributed by atoms with van der Waals surface area (Å²) >= 11 is 0. The van der Waals surface area contributed by atoms with E-state index in [0.717, 1.165) is 55.9 Å². The Balaban J connectivity index is 1.33. The Morgan fingerprint density at radius 3 is 2.73 bits per heavy atom. The van der Waals surface area contributed by atoms with Gasteiger partial charge in [0, 0.05) is 36.3 Å². The van der Waals surface area contributed by atoms with Crippen molar-refractivity contribution in [2.24, 2.45) is 5.92 Å². The Labute approximate surface area is 193 Å². The van der Waals surface area contributed by atoms with Crippen molar-refractivity contribution in [1.82, 2.24) is 19.5 Å². The molecule has 33 heavy (non-hydrogen) atoms. The number of nitrogens with one attached hydrogen (secondary N) is 2. The summed E-state index contributed by atoms with van der Waals surface area (Å²) in [5, 5.41) is 11.6. The fourth-order valence-corrected chi connectivity index (χ4v) is 5.24. The zero-order valence-corrected chi connectivity index (χ0v) is 19.1. The van der Waals surface area contributed by atoms with E-state index in [1.54, 1.807) is 18.2 Å². The molecule has 5 rings (SSSR count). The molecule has 2 N–H and O–H groups in total. The molecule has 1 aliphatic carbocycles. The lowest BCUT2D eigenvalue weighted by Gasteiger charge is -2.11. The van der Waals surface area contributed by atoms with E-state index in [9.17, 15) is 13.2 Å². The molecule has 8 nitrogen and oxygen atoms in total. The monoisotopic (exact) mass is 465 g/mol. The van der Waals surface area contributed by atoms with Crippen molar-refractivity contribution in [3.63, 3.8) is 0 Å². The maximum Gasteiger partial charge on any atom is 0.255 e. The van der Waals surface area contributed by atoms with Crippen molar-refractivity contribution in [3.8, 4) is 11.4 Å². The molecule has 1 aliphatic heterocycles. The number of carbonyl (C=O) groups is 1. The van der Waals surface area contributed by atoms with Gasteiger partial charge in [0.15, 0.2) is 5.82 Å². The van der Waals surface area contributed by atoms with Crippen LogP contribution in [-0.2, 0) is 23.0 Å². The average Bonchev–Trinajstić information content (AvgIpc) is 3.61. The third kappa shape index (κ3) is 4.99. The van der Waals surface area contributed by atoms with Gasteiger partial charge in [-0.1, -0.05) is 24.6 Å². The molecule has 1 fully saturated rings. The second-order valence-corrected chi connectivity index (χ2v) is 10.5. The number of amides is 1. The molecule has 1 amide bonds. The van der Waals surface area contributed by atoms with Crippen LogP contribution in [0.25, 0.3) is 11.4 Å². The Kier molecular flexibility index (Phi) is 5.99. The van der Waals surface area contributed by atoms with Crippen molar-refractivity contribution in [3.05, 3.63) is 59.9 Å². The Hall–Kier alpha value is -3.04. The molecule has 0 saturated heterocycles. The minimum Gasteiger partial charge on any atom is -0.322 e. The number of hydrogen-bond acceptors (Lipinski definition) is 5. The molecular weight excluding hydrogens is 438 g/mol. The van der Waals surface area contributed by atoms with E-state index < -0.39 is 10.0 Å². The summed E-state index contributed by atoms with van der Waals surface area (Å²) in [6.07, 6.45) is 6.45. The summed E-state index contributed by atoms with van der Waals surface area (Å²) in [4.78, 5) is 13.0. The van der Waals surface area contributed by atoms with Crippen molar-refractivity contribution in [1.29, 1.82) is 0 Å². The largest absolute Gasteiger partial charge is 0.322 e. The van der Waals surface area contributed by atoms with Crippen LogP contribution < -0.4 is 10.0 Å². The summed E-state index contributed by atoms with van der Waals surface area (Å²) in [5.41, 5.74) is 1.78. The normalized spacial score (nSPS) is 16.1. The fourth-order valence-electron chi connectivity index (χ4n) is 4.08. The highest BCUT2D eigenvalue weighted by molar-refractivity contribution is 7.89. The first-order valence-electron chi connectivity index (χ1n) is 11.4. The molecule has 9 heteroatoms. The second-order valence-electron chi connectivity index (χ2n) is 8.76. The topological polar surface area (TPSA) is 106 Å². The SMILES string of the molecule is O=C(Nc1cccc(-c2nnc3n2CCCCC3)c1)c1cccc(S(=O)(=O)NCC2CC2)c1. The molecule has 0 radical (unpaired) electrons. The van der Waals surface area contributed by atoms with Gasteiger partial charge in [0.25, 0.3) is 5.91 Å². The van der Waals surface area contributed by atoms with Gasteiger partial charge in [0.1, 0.15) is 5.82 Å². The molecule has 2 aliphatic rings. The number of sulfonamides is 1. The Bertz CT molecular complexity index is 1280. The van der Waals surface area contributed by atoms with Gasteiger partial charge in [0.2, 0.25) is 10.0 Å². The molecule has 0 bridgehead atoms. The van der Waals surface area contributed by atoms with E-state index in [4.69, 9.17) is 0 Å². The van der Waals surface area contributed by atoms with E-state index in [1.807, 2.05) is 18.2 Å². The van der Waals surface area contributed by atoms with Crippen LogP contribution in [0.1, 0.15) is 48.3 Å². The lowest BCUT2D eigenvalue weighted by atomic mass is 10.1. The van der Waals surface area contributed by atoms with Crippen LogP contribution in [0.15, 0.2) is 53.4 Å². The summed E-state index contributed by atoms with van der Waals surface area (Å²) in [5.74, 6) is 1.87. The van der Waals surface area contributed by atoms with Crippen molar-refractivity contribution >= 4 is 21.6 Å². The number of nitrogens with zero attached hydrogens (tertiary/aromatic N) is 3. The minimum absolute atomic E-state index is 0.0932. The van der Waals surface area contributed by atoms with Gasteiger partial charge >= 0.3 is 0 Å². The quantitative estimate of drug-likeness (QED) is 0.554. The van der Waals surface area contributed by atoms with Crippen molar-refractivity contribution in [2.45, 2.75) is 50.0 Å². The summed E-state index contributed by atoms with van der Waals surface area (Å²) in [7, 11) is -3.64. The van der Waals surface area contributed by atoms with E-state index in [1.165, 1.54) is 18.6 Å². The highest BCUT2D eigenvalue weighted by Gasteiger charge is 2.24. The molecular formula is C24H27N5O3S. The minimum atomic E-state index is -3.64. The standard InChI is InChI=1S/C24H27N5O3S/c30-24(19-7-5-9-21(15-19)33(31,32)25-16-17-11-12-17)26-20-8-4-6-18(14-20)23-28-27-22-10-2-1-3-13-29(22)23/h4-9,14-15,17,25H,1-3,10-13,16H2,(H,26,30). The first-order valence-corrected chi connectivity index (χ1v) is 12.9. The van der Waals surface area contributed by atoms with Crippen LogP contribution in [0.5, 0.6) is 0 Å². The number of hydrogen-bond donors (Lipinski definition) is 2. The molecule has 2 heterocycles. The van der Waals surface area contributed by atoms with Gasteiger partial charge in [-0.15, -0.1) is 10.2 Å². The van der Waals surface area contributed by atoms with Gasteiger partial charge in [-0.25, -0.2) is 13.1 Å². The molecule has 1 aromatic heterocycles. The van der Waals surface area contributed by atoms with Crippen molar-refractivity contribution in [2.75, 3.05) is 11.9 Å². The summed E-state index contributed by atoms with van der Waals surface area (Å²) in [6, 6.07) is 13.6. The van der Waals surface area contributed by atoms with Gasteiger partial charge in [0.05, 0.1) is 4.90 Å². The second kappa shape index (κ2) is 9.07.